The molecule has 0 fully saturated rings. The number of amides is 1. The molecule has 26 heavy (non-hydrogen) atoms. The second kappa shape index (κ2) is 10.7. The Labute approximate surface area is 162 Å². The van der Waals surface area contributed by atoms with Crippen molar-refractivity contribution >= 4 is 35.6 Å². The number of ether oxygens (including phenoxy) is 2. The van der Waals surface area contributed by atoms with E-state index in [0.717, 1.165) is 16.9 Å². The maximum absolute atomic E-state index is 11.9. The van der Waals surface area contributed by atoms with Gasteiger partial charge in [-0.25, -0.2) is 0 Å². The van der Waals surface area contributed by atoms with Gasteiger partial charge < -0.3 is 14.8 Å². The van der Waals surface area contributed by atoms with Crippen molar-refractivity contribution in [3.05, 3.63) is 53.1 Å². The van der Waals surface area contributed by atoms with Gasteiger partial charge in [-0.15, -0.1) is 11.8 Å². The minimum atomic E-state index is -0.219. The van der Waals surface area contributed by atoms with E-state index in [1.807, 2.05) is 31.2 Å². The van der Waals surface area contributed by atoms with Crippen molar-refractivity contribution in [2.24, 2.45) is 0 Å². The van der Waals surface area contributed by atoms with E-state index in [9.17, 15) is 9.59 Å². The Kier molecular flexibility index (Phi) is 8.31. The predicted molar refractivity (Wildman–Crippen MR) is 104 cm³/mol. The molecule has 2 rings (SSSR count). The lowest BCUT2D eigenvalue weighted by molar-refractivity contribution is -0.122. The van der Waals surface area contributed by atoms with Crippen LogP contribution in [0.3, 0.4) is 0 Å². The van der Waals surface area contributed by atoms with Crippen LogP contribution in [-0.2, 0) is 4.79 Å². The molecule has 0 aliphatic heterocycles. The van der Waals surface area contributed by atoms with Crippen molar-refractivity contribution in [3.63, 3.8) is 0 Å². The lowest BCUT2D eigenvalue weighted by Crippen LogP contribution is -2.30. The van der Waals surface area contributed by atoms with E-state index in [2.05, 4.69) is 5.32 Å². The number of hydrogen-bond donors (Lipinski definition) is 1. The van der Waals surface area contributed by atoms with Crippen molar-refractivity contribution in [3.8, 4) is 11.5 Å². The second-order valence-electron chi connectivity index (χ2n) is 5.20. The van der Waals surface area contributed by atoms with Crippen LogP contribution in [0, 0.1) is 0 Å². The minimum Gasteiger partial charge on any atom is -0.490 e. The Hall–Kier alpha value is -2.18. The molecular weight excluding hydrogens is 374 g/mol. The lowest BCUT2D eigenvalue weighted by Gasteiger charge is -2.12. The van der Waals surface area contributed by atoms with Crippen molar-refractivity contribution in [1.29, 1.82) is 0 Å². The summed E-state index contributed by atoms with van der Waals surface area (Å²) >= 11 is 7.47. The molecule has 138 valence electrons. The highest BCUT2D eigenvalue weighted by molar-refractivity contribution is 7.99. The highest BCUT2D eigenvalue weighted by Gasteiger charge is 2.09. The average molecular weight is 394 g/mol. The second-order valence-corrected chi connectivity index (χ2v) is 6.80. The normalized spacial score (nSPS) is 10.2. The van der Waals surface area contributed by atoms with Gasteiger partial charge in [-0.3, -0.25) is 9.59 Å². The molecule has 0 saturated carbocycles. The standard InChI is InChI=1S/C19H20ClNO4S/c1-2-24-18-11-14(12-22)3-8-17(18)25-13-19(23)21-9-10-26-16-6-4-15(20)5-7-16/h3-8,11-12H,2,9-10,13H2,1H3,(H,21,23). The zero-order valence-electron chi connectivity index (χ0n) is 14.4. The number of hydrogen-bond acceptors (Lipinski definition) is 5. The largest absolute Gasteiger partial charge is 0.490 e. The zero-order chi connectivity index (χ0) is 18.8. The number of aldehydes is 1. The van der Waals surface area contributed by atoms with Gasteiger partial charge >= 0.3 is 0 Å². The van der Waals surface area contributed by atoms with Crippen molar-refractivity contribution in [2.75, 3.05) is 25.5 Å². The van der Waals surface area contributed by atoms with E-state index in [-0.39, 0.29) is 12.5 Å². The van der Waals surface area contributed by atoms with Crippen molar-refractivity contribution < 1.29 is 19.1 Å². The maximum atomic E-state index is 11.9. The van der Waals surface area contributed by atoms with Gasteiger partial charge in [-0.1, -0.05) is 11.6 Å². The molecule has 0 atom stereocenters. The van der Waals surface area contributed by atoms with Crippen LogP contribution < -0.4 is 14.8 Å². The van der Waals surface area contributed by atoms with Gasteiger partial charge in [0.1, 0.15) is 6.29 Å². The third kappa shape index (κ3) is 6.61. The fraction of sp³-hybridized carbons (Fsp3) is 0.263. The summed E-state index contributed by atoms with van der Waals surface area (Å²) in [4.78, 5) is 23.8. The Morgan fingerprint density at radius 3 is 2.62 bits per heavy atom. The summed E-state index contributed by atoms with van der Waals surface area (Å²) in [6, 6.07) is 12.4. The fourth-order valence-corrected chi connectivity index (χ4v) is 2.96. The first kappa shape index (κ1) is 20.1. The molecule has 0 aliphatic carbocycles. The summed E-state index contributed by atoms with van der Waals surface area (Å²) in [6.07, 6.45) is 0.733. The summed E-state index contributed by atoms with van der Waals surface area (Å²) in [5, 5.41) is 3.50. The predicted octanol–water partition coefficient (Wildman–Crippen LogP) is 3.84. The number of carbonyl (C=O) groups excluding carboxylic acids is 2. The molecule has 1 amide bonds. The topological polar surface area (TPSA) is 64.6 Å². The van der Waals surface area contributed by atoms with Crippen molar-refractivity contribution in [1.82, 2.24) is 5.32 Å². The third-order valence-electron chi connectivity index (χ3n) is 3.27. The van der Waals surface area contributed by atoms with E-state index in [0.29, 0.717) is 35.2 Å². The molecule has 0 aromatic heterocycles. The number of halogens is 1. The van der Waals surface area contributed by atoms with Gasteiger partial charge in [0.15, 0.2) is 18.1 Å². The van der Waals surface area contributed by atoms with Gasteiger partial charge in [-0.05, 0) is 49.4 Å². The van der Waals surface area contributed by atoms with Gasteiger partial charge in [0.2, 0.25) is 0 Å². The number of benzene rings is 2. The van der Waals surface area contributed by atoms with E-state index < -0.39 is 0 Å². The smallest absolute Gasteiger partial charge is 0.257 e. The molecule has 2 aromatic carbocycles. The van der Waals surface area contributed by atoms with Gasteiger partial charge in [-0.2, -0.15) is 0 Å². The lowest BCUT2D eigenvalue weighted by atomic mass is 10.2. The number of thioether (sulfide) groups is 1. The molecule has 0 bridgehead atoms. The molecule has 0 spiro atoms. The number of rotatable bonds is 10. The van der Waals surface area contributed by atoms with Crippen LogP contribution in [0.2, 0.25) is 5.02 Å². The first-order chi connectivity index (χ1) is 12.6. The quantitative estimate of drug-likeness (QED) is 0.377. The first-order valence-electron chi connectivity index (χ1n) is 8.12. The minimum absolute atomic E-state index is 0.119. The summed E-state index contributed by atoms with van der Waals surface area (Å²) < 4.78 is 10.9. The first-order valence-corrected chi connectivity index (χ1v) is 9.48. The van der Waals surface area contributed by atoms with E-state index in [1.165, 1.54) is 0 Å². The van der Waals surface area contributed by atoms with E-state index >= 15 is 0 Å². The SMILES string of the molecule is CCOc1cc(C=O)ccc1OCC(=O)NCCSc1ccc(Cl)cc1. The van der Waals surface area contributed by atoms with Gasteiger partial charge in [0.05, 0.1) is 6.61 Å². The van der Waals surface area contributed by atoms with Crippen LogP contribution in [0.5, 0.6) is 11.5 Å². The van der Waals surface area contributed by atoms with Crippen molar-refractivity contribution in [2.45, 2.75) is 11.8 Å². The molecule has 0 unspecified atom stereocenters. The molecular formula is C19H20ClNO4S. The summed E-state index contributed by atoms with van der Waals surface area (Å²) in [6.45, 7) is 2.68. The Morgan fingerprint density at radius 1 is 1.15 bits per heavy atom. The highest BCUT2D eigenvalue weighted by atomic mass is 35.5. The Bertz CT molecular complexity index is 737. The molecule has 2 aromatic rings. The molecule has 5 nitrogen and oxygen atoms in total. The van der Waals surface area contributed by atoms with Gasteiger partial charge in [0, 0.05) is 27.8 Å². The fourth-order valence-electron chi connectivity index (χ4n) is 2.07. The molecule has 0 radical (unpaired) electrons. The summed E-state index contributed by atoms with van der Waals surface area (Å²) in [5.41, 5.74) is 0.490. The maximum Gasteiger partial charge on any atom is 0.257 e. The third-order valence-corrected chi connectivity index (χ3v) is 4.53. The average Bonchev–Trinajstić information content (AvgIpc) is 2.65. The highest BCUT2D eigenvalue weighted by Crippen LogP contribution is 2.28. The summed E-state index contributed by atoms with van der Waals surface area (Å²) in [5.74, 6) is 1.40. The van der Waals surface area contributed by atoms with Crippen LogP contribution in [0.25, 0.3) is 0 Å². The molecule has 7 heteroatoms. The van der Waals surface area contributed by atoms with Gasteiger partial charge in [0.25, 0.3) is 5.91 Å². The monoisotopic (exact) mass is 393 g/mol. The Balaban J connectivity index is 1.74. The van der Waals surface area contributed by atoms with Crippen LogP contribution >= 0.6 is 23.4 Å². The Morgan fingerprint density at radius 2 is 1.92 bits per heavy atom. The molecule has 0 heterocycles. The summed E-state index contributed by atoms with van der Waals surface area (Å²) in [7, 11) is 0. The molecule has 0 saturated heterocycles. The van der Waals surface area contributed by atoms with E-state index in [4.69, 9.17) is 21.1 Å². The zero-order valence-corrected chi connectivity index (χ0v) is 15.9. The van der Waals surface area contributed by atoms with E-state index in [1.54, 1.807) is 30.0 Å². The van der Waals surface area contributed by atoms with Crippen LogP contribution in [0.15, 0.2) is 47.4 Å². The van der Waals surface area contributed by atoms with Crippen LogP contribution in [0.1, 0.15) is 17.3 Å². The number of carbonyl (C=O) groups is 2. The van der Waals surface area contributed by atoms with Crippen LogP contribution in [0.4, 0.5) is 0 Å². The van der Waals surface area contributed by atoms with Crippen LogP contribution in [-0.4, -0.2) is 37.7 Å². The number of nitrogens with one attached hydrogen (secondary N) is 1. The molecule has 0 aliphatic rings. The molecule has 1 N–H and O–H groups in total.